The number of rotatable bonds is 5. The largest absolute Gasteiger partial charge is 0.370 e. The minimum atomic E-state index is -0.0816. The Morgan fingerprint density at radius 1 is 1.33 bits per heavy atom. The van der Waals surface area contributed by atoms with E-state index in [1.54, 1.807) is 14.1 Å². The molecule has 0 bridgehead atoms. The van der Waals surface area contributed by atoms with Crippen molar-refractivity contribution in [1.29, 1.82) is 0 Å². The topological polar surface area (TPSA) is 70.7 Å². The average Bonchev–Trinajstić information content (AvgIpc) is 2.44. The van der Waals surface area contributed by atoms with E-state index in [0.29, 0.717) is 5.92 Å². The molecule has 3 N–H and O–H groups in total. The molecule has 0 aromatic heterocycles. The number of anilines is 1. The number of guanidine groups is 1. The molecule has 0 aliphatic rings. The van der Waals surface area contributed by atoms with Gasteiger partial charge in [0.05, 0.1) is 0 Å². The van der Waals surface area contributed by atoms with Crippen molar-refractivity contribution >= 4 is 41.5 Å². The van der Waals surface area contributed by atoms with E-state index >= 15 is 0 Å². The van der Waals surface area contributed by atoms with Gasteiger partial charge >= 0.3 is 0 Å². The number of hydrogen-bond donors (Lipinski definition) is 2. The van der Waals surface area contributed by atoms with Gasteiger partial charge in [-0.25, -0.2) is 4.99 Å². The molecule has 1 aromatic rings. The number of hydrogen-bond acceptors (Lipinski definition) is 2. The second-order valence-electron chi connectivity index (χ2n) is 5.05. The number of nitrogens with one attached hydrogen (secondary N) is 1. The first-order valence-corrected chi connectivity index (χ1v) is 6.81. The monoisotopic (exact) mass is 404 g/mol. The predicted molar refractivity (Wildman–Crippen MR) is 99.4 cm³/mol. The van der Waals surface area contributed by atoms with E-state index in [4.69, 9.17) is 5.73 Å². The number of carbonyl (C=O) groups is 1. The fraction of sp³-hybridized carbons (Fsp3) is 0.467. The second kappa shape index (κ2) is 9.59. The molecular weight excluding hydrogens is 379 g/mol. The summed E-state index contributed by atoms with van der Waals surface area (Å²) < 4.78 is 0. The van der Waals surface area contributed by atoms with Gasteiger partial charge in [-0.15, -0.1) is 24.0 Å². The molecule has 0 saturated heterocycles. The number of halogens is 1. The SMILES string of the molecule is CCC(C)c1ccc(NC(N)=NCC(=O)N(C)C)cc1.I. The molecular formula is C15H25IN4O. The van der Waals surface area contributed by atoms with Gasteiger partial charge in [0.15, 0.2) is 5.96 Å². The summed E-state index contributed by atoms with van der Waals surface area (Å²) >= 11 is 0. The standard InChI is InChI=1S/C15H24N4O.HI/c1-5-11(2)12-6-8-13(9-7-12)18-15(16)17-10-14(20)19(3)4;/h6-9,11H,5,10H2,1-4H3,(H3,16,17,18);1H. The zero-order chi connectivity index (χ0) is 15.1. The number of amides is 1. The fourth-order valence-electron chi connectivity index (χ4n) is 1.61. The van der Waals surface area contributed by atoms with Gasteiger partial charge in [-0.3, -0.25) is 4.79 Å². The van der Waals surface area contributed by atoms with E-state index in [0.717, 1.165) is 12.1 Å². The summed E-state index contributed by atoms with van der Waals surface area (Å²) in [5.74, 6) is 0.714. The maximum Gasteiger partial charge on any atom is 0.243 e. The highest BCUT2D eigenvalue weighted by atomic mass is 127. The van der Waals surface area contributed by atoms with Crippen molar-refractivity contribution in [3.8, 4) is 0 Å². The minimum Gasteiger partial charge on any atom is -0.370 e. The molecule has 6 heteroatoms. The molecule has 0 radical (unpaired) electrons. The van der Waals surface area contributed by atoms with E-state index in [2.05, 4.69) is 36.3 Å². The van der Waals surface area contributed by atoms with Crippen LogP contribution in [-0.2, 0) is 4.79 Å². The highest BCUT2D eigenvalue weighted by molar-refractivity contribution is 14.0. The van der Waals surface area contributed by atoms with E-state index in [1.165, 1.54) is 10.5 Å². The van der Waals surface area contributed by atoms with Gasteiger partial charge < -0.3 is 16.0 Å². The van der Waals surface area contributed by atoms with Gasteiger partial charge in [-0.05, 0) is 30.0 Å². The van der Waals surface area contributed by atoms with Crippen LogP contribution in [0.15, 0.2) is 29.3 Å². The normalized spacial score (nSPS) is 12.3. The Labute approximate surface area is 144 Å². The molecule has 1 amide bonds. The summed E-state index contributed by atoms with van der Waals surface area (Å²) in [5, 5.41) is 2.98. The van der Waals surface area contributed by atoms with Gasteiger partial charge in [-0.2, -0.15) is 0 Å². The lowest BCUT2D eigenvalue weighted by molar-refractivity contribution is -0.127. The van der Waals surface area contributed by atoms with Crippen LogP contribution in [0.4, 0.5) is 5.69 Å². The van der Waals surface area contributed by atoms with Crippen LogP contribution in [-0.4, -0.2) is 37.4 Å². The first-order chi connectivity index (χ1) is 9.43. The molecule has 0 heterocycles. The van der Waals surface area contributed by atoms with Crippen molar-refractivity contribution in [3.63, 3.8) is 0 Å². The highest BCUT2D eigenvalue weighted by Crippen LogP contribution is 2.20. The lowest BCUT2D eigenvalue weighted by atomic mass is 9.99. The summed E-state index contributed by atoms with van der Waals surface area (Å²) in [5.41, 5.74) is 7.92. The third-order valence-corrected chi connectivity index (χ3v) is 3.25. The molecule has 21 heavy (non-hydrogen) atoms. The third-order valence-electron chi connectivity index (χ3n) is 3.25. The smallest absolute Gasteiger partial charge is 0.243 e. The van der Waals surface area contributed by atoms with Crippen LogP contribution in [0, 0.1) is 0 Å². The first kappa shape index (κ1) is 19.7. The number of nitrogens with zero attached hydrogens (tertiary/aromatic N) is 2. The van der Waals surface area contributed by atoms with E-state index in [9.17, 15) is 4.79 Å². The average molecular weight is 404 g/mol. The Morgan fingerprint density at radius 3 is 2.38 bits per heavy atom. The van der Waals surface area contributed by atoms with Gasteiger partial charge in [0.1, 0.15) is 6.54 Å². The minimum absolute atomic E-state index is 0. The molecule has 0 saturated carbocycles. The van der Waals surface area contributed by atoms with Crippen molar-refractivity contribution < 1.29 is 4.79 Å². The van der Waals surface area contributed by atoms with Crippen LogP contribution in [0.25, 0.3) is 0 Å². The summed E-state index contributed by atoms with van der Waals surface area (Å²) in [6.45, 7) is 4.42. The molecule has 1 rings (SSSR count). The predicted octanol–water partition coefficient (Wildman–Crippen LogP) is 2.63. The van der Waals surface area contributed by atoms with Gasteiger partial charge in [0.25, 0.3) is 0 Å². The maximum absolute atomic E-state index is 11.4. The number of benzene rings is 1. The Bertz CT molecular complexity index is 471. The quantitative estimate of drug-likeness (QED) is 0.450. The third kappa shape index (κ3) is 6.79. The van der Waals surface area contributed by atoms with E-state index < -0.39 is 0 Å². The molecule has 1 aromatic carbocycles. The summed E-state index contributed by atoms with van der Waals surface area (Å²) in [7, 11) is 3.38. The van der Waals surface area contributed by atoms with Crippen molar-refractivity contribution in [2.75, 3.05) is 26.0 Å². The van der Waals surface area contributed by atoms with E-state index in [1.807, 2.05) is 12.1 Å². The van der Waals surface area contributed by atoms with Gasteiger partial charge in [0, 0.05) is 19.8 Å². The van der Waals surface area contributed by atoms with Crippen molar-refractivity contribution in [2.24, 2.45) is 10.7 Å². The highest BCUT2D eigenvalue weighted by Gasteiger charge is 2.04. The molecule has 0 aliphatic heterocycles. The molecule has 1 unspecified atom stereocenters. The van der Waals surface area contributed by atoms with Crippen LogP contribution in [0.1, 0.15) is 31.7 Å². The van der Waals surface area contributed by atoms with E-state index in [-0.39, 0.29) is 42.4 Å². The summed E-state index contributed by atoms with van der Waals surface area (Å²) in [6, 6.07) is 8.10. The molecule has 1 atom stereocenters. The Hall–Kier alpha value is -1.31. The second-order valence-corrected chi connectivity index (χ2v) is 5.05. The van der Waals surface area contributed by atoms with Crippen molar-refractivity contribution in [1.82, 2.24) is 4.90 Å². The van der Waals surface area contributed by atoms with Crippen molar-refractivity contribution in [3.05, 3.63) is 29.8 Å². The fourth-order valence-corrected chi connectivity index (χ4v) is 1.61. The lowest BCUT2D eigenvalue weighted by Gasteiger charge is -2.11. The Balaban J connectivity index is 0.00000400. The number of nitrogens with two attached hydrogens (primary N) is 1. The zero-order valence-electron chi connectivity index (χ0n) is 13.1. The van der Waals surface area contributed by atoms with Crippen LogP contribution < -0.4 is 11.1 Å². The first-order valence-electron chi connectivity index (χ1n) is 6.81. The number of carbonyl (C=O) groups excluding carboxylic acids is 1. The molecule has 5 nitrogen and oxygen atoms in total. The van der Waals surface area contributed by atoms with Gasteiger partial charge in [-0.1, -0.05) is 26.0 Å². The Kier molecular flexibility index (Phi) is 9.00. The maximum atomic E-state index is 11.4. The molecule has 0 spiro atoms. The van der Waals surface area contributed by atoms with Crippen LogP contribution in [0.3, 0.4) is 0 Å². The number of aliphatic imine (C=N–C) groups is 1. The van der Waals surface area contributed by atoms with Crippen molar-refractivity contribution in [2.45, 2.75) is 26.2 Å². The molecule has 118 valence electrons. The zero-order valence-corrected chi connectivity index (χ0v) is 15.4. The lowest BCUT2D eigenvalue weighted by Crippen LogP contribution is -2.28. The molecule has 0 aliphatic carbocycles. The van der Waals surface area contributed by atoms with Crippen LogP contribution >= 0.6 is 24.0 Å². The Morgan fingerprint density at radius 2 is 1.90 bits per heavy atom. The summed E-state index contributed by atoms with van der Waals surface area (Å²) in [6.07, 6.45) is 1.11. The number of likely N-dealkylation sites (N-methyl/N-ethyl adjacent to an activating group) is 1. The molecule has 0 fully saturated rings. The van der Waals surface area contributed by atoms with Crippen LogP contribution in [0.2, 0.25) is 0 Å². The van der Waals surface area contributed by atoms with Gasteiger partial charge in [0.2, 0.25) is 5.91 Å². The summed E-state index contributed by atoms with van der Waals surface area (Å²) in [4.78, 5) is 16.9. The van der Waals surface area contributed by atoms with Crippen LogP contribution in [0.5, 0.6) is 0 Å².